The Kier molecular flexibility index (Phi) is 6.23. The van der Waals surface area contributed by atoms with Crippen LogP contribution in [0.2, 0.25) is 0 Å². The predicted octanol–water partition coefficient (Wildman–Crippen LogP) is 1.03. The van der Waals surface area contributed by atoms with Crippen molar-refractivity contribution in [1.29, 1.82) is 0 Å². The van der Waals surface area contributed by atoms with Gasteiger partial charge in [0, 0.05) is 19.6 Å². The second-order valence-corrected chi connectivity index (χ2v) is 5.70. The molecule has 5 heteroatoms. The van der Waals surface area contributed by atoms with Gasteiger partial charge in [-0.1, -0.05) is 6.92 Å². The minimum Gasteiger partial charge on any atom is -0.468 e. The van der Waals surface area contributed by atoms with Crippen LogP contribution in [0, 0.1) is 0 Å². The van der Waals surface area contributed by atoms with E-state index in [0.29, 0.717) is 6.54 Å². The highest BCUT2D eigenvalue weighted by molar-refractivity contribution is 5.80. The Labute approximate surface area is 116 Å². The monoisotopic (exact) mass is 272 g/mol. The zero-order chi connectivity index (χ0) is 14.5. The minimum atomic E-state index is -0.651. The second-order valence-electron chi connectivity index (χ2n) is 5.70. The summed E-state index contributed by atoms with van der Waals surface area (Å²) in [6.07, 6.45) is 1.40. The summed E-state index contributed by atoms with van der Waals surface area (Å²) in [4.78, 5) is 14.3. The van der Waals surface area contributed by atoms with E-state index in [9.17, 15) is 4.79 Å². The van der Waals surface area contributed by atoms with Crippen LogP contribution in [-0.2, 0) is 14.3 Å². The van der Waals surface area contributed by atoms with Gasteiger partial charge in [-0.25, -0.2) is 0 Å². The minimum absolute atomic E-state index is 0.201. The molecule has 0 aromatic carbocycles. The molecule has 1 fully saturated rings. The molecule has 1 rings (SSSR count). The molecule has 19 heavy (non-hydrogen) atoms. The molecule has 112 valence electrons. The van der Waals surface area contributed by atoms with E-state index in [1.165, 1.54) is 7.11 Å². The Bertz CT molecular complexity index is 288. The Balaban J connectivity index is 2.68. The number of ether oxygens (including phenoxy) is 2. The van der Waals surface area contributed by atoms with Crippen LogP contribution >= 0.6 is 0 Å². The van der Waals surface area contributed by atoms with Gasteiger partial charge in [-0.05, 0) is 33.7 Å². The lowest BCUT2D eigenvalue weighted by Crippen LogP contribution is -2.60. The van der Waals surface area contributed by atoms with Gasteiger partial charge in [0.25, 0.3) is 0 Å². The zero-order valence-electron chi connectivity index (χ0n) is 12.9. The van der Waals surface area contributed by atoms with Crippen molar-refractivity contribution in [3.05, 3.63) is 0 Å². The van der Waals surface area contributed by atoms with Crippen molar-refractivity contribution < 1.29 is 14.3 Å². The van der Waals surface area contributed by atoms with Gasteiger partial charge in [0.05, 0.1) is 19.3 Å². The highest BCUT2D eigenvalue weighted by Gasteiger charge is 2.37. The molecule has 3 atom stereocenters. The van der Waals surface area contributed by atoms with Crippen LogP contribution in [0.15, 0.2) is 0 Å². The Morgan fingerprint density at radius 2 is 2.00 bits per heavy atom. The first-order chi connectivity index (χ1) is 8.91. The summed E-state index contributed by atoms with van der Waals surface area (Å²) in [6, 6.07) is 0. The van der Waals surface area contributed by atoms with E-state index in [0.717, 1.165) is 26.1 Å². The van der Waals surface area contributed by atoms with Crippen LogP contribution in [-0.4, -0.2) is 61.9 Å². The number of nitrogens with one attached hydrogen (secondary N) is 1. The topological polar surface area (TPSA) is 50.8 Å². The molecule has 5 nitrogen and oxygen atoms in total. The fourth-order valence-electron chi connectivity index (χ4n) is 2.68. The molecular formula is C14H28N2O3. The van der Waals surface area contributed by atoms with E-state index in [1.807, 2.05) is 6.92 Å². The largest absolute Gasteiger partial charge is 0.468 e. The normalized spacial score (nSPS) is 27.8. The molecule has 0 aromatic rings. The van der Waals surface area contributed by atoms with Crippen LogP contribution in [0.25, 0.3) is 0 Å². The van der Waals surface area contributed by atoms with Crippen molar-refractivity contribution in [3.63, 3.8) is 0 Å². The van der Waals surface area contributed by atoms with Crippen LogP contribution in [0.4, 0.5) is 0 Å². The summed E-state index contributed by atoms with van der Waals surface area (Å²) >= 11 is 0. The number of carbonyl (C=O) groups is 1. The summed E-state index contributed by atoms with van der Waals surface area (Å²) in [6.45, 7) is 11.3. The number of morpholine rings is 1. The lowest BCUT2D eigenvalue weighted by Gasteiger charge is -2.40. The van der Waals surface area contributed by atoms with Crippen LogP contribution in [0.3, 0.4) is 0 Å². The Hall–Kier alpha value is -0.650. The lowest BCUT2D eigenvalue weighted by atomic mass is 10.0. The van der Waals surface area contributed by atoms with Gasteiger partial charge in [-0.15, -0.1) is 0 Å². The number of esters is 1. The molecule has 1 N–H and O–H groups in total. The van der Waals surface area contributed by atoms with E-state index in [-0.39, 0.29) is 18.2 Å². The summed E-state index contributed by atoms with van der Waals surface area (Å²) in [5, 5.41) is 3.32. The van der Waals surface area contributed by atoms with Crippen molar-refractivity contribution in [2.45, 2.75) is 51.9 Å². The van der Waals surface area contributed by atoms with Gasteiger partial charge in [-0.3, -0.25) is 9.69 Å². The smallest absolute Gasteiger partial charge is 0.327 e. The molecule has 0 aliphatic carbocycles. The number of hydrogen-bond donors (Lipinski definition) is 1. The first-order valence-electron chi connectivity index (χ1n) is 7.12. The molecule has 1 unspecified atom stereocenters. The standard InChI is InChI=1S/C14H28N2O3/c1-6-7-15-14(4,13(17)18-5)10-16-8-11(2)19-12(3)9-16/h11-12,15H,6-10H2,1-5H3/t11-,12+,14?. The maximum atomic E-state index is 12.0. The average Bonchev–Trinajstić information content (AvgIpc) is 2.34. The molecule has 0 amide bonds. The van der Waals surface area contributed by atoms with Crippen molar-refractivity contribution in [2.75, 3.05) is 33.3 Å². The molecule has 1 heterocycles. The third kappa shape index (κ3) is 4.75. The molecule has 0 aromatic heterocycles. The van der Waals surface area contributed by atoms with E-state index in [2.05, 4.69) is 31.0 Å². The zero-order valence-corrected chi connectivity index (χ0v) is 12.9. The summed E-state index contributed by atoms with van der Waals surface area (Å²) < 4.78 is 10.7. The molecule has 1 aliphatic rings. The third-order valence-corrected chi connectivity index (χ3v) is 3.44. The molecular weight excluding hydrogens is 244 g/mol. The average molecular weight is 272 g/mol. The first kappa shape index (κ1) is 16.4. The van der Waals surface area contributed by atoms with Gasteiger partial charge in [-0.2, -0.15) is 0 Å². The SMILES string of the molecule is CCCNC(C)(CN1C[C@@H](C)O[C@@H](C)C1)C(=O)OC. The predicted molar refractivity (Wildman–Crippen MR) is 75.2 cm³/mol. The summed E-state index contributed by atoms with van der Waals surface area (Å²) in [5.74, 6) is -0.201. The molecule has 1 aliphatic heterocycles. The third-order valence-electron chi connectivity index (χ3n) is 3.44. The van der Waals surface area contributed by atoms with Crippen molar-refractivity contribution in [3.8, 4) is 0 Å². The number of methoxy groups -OCH3 is 1. The summed E-state index contributed by atoms with van der Waals surface area (Å²) in [5.41, 5.74) is -0.651. The quantitative estimate of drug-likeness (QED) is 0.732. The summed E-state index contributed by atoms with van der Waals surface area (Å²) in [7, 11) is 1.44. The maximum absolute atomic E-state index is 12.0. The maximum Gasteiger partial charge on any atom is 0.327 e. The van der Waals surface area contributed by atoms with E-state index in [4.69, 9.17) is 9.47 Å². The second kappa shape index (κ2) is 7.22. The molecule has 0 spiro atoms. The number of carbonyl (C=O) groups excluding carboxylic acids is 1. The Morgan fingerprint density at radius 1 is 1.42 bits per heavy atom. The highest BCUT2D eigenvalue weighted by atomic mass is 16.5. The van der Waals surface area contributed by atoms with E-state index < -0.39 is 5.54 Å². The van der Waals surface area contributed by atoms with Gasteiger partial charge in [0.1, 0.15) is 5.54 Å². The number of hydrogen-bond acceptors (Lipinski definition) is 5. The fraction of sp³-hybridized carbons (Fsp3) is 0.929. The first-order valence-corrected chi connectivity index (χ1v) is 7.12. The van der Waals surface area contributed by atoms with Crippen molar-refractivity contribution >= 4 is 5.97 Å². The highest BCUT2D eigenvalue weighted by Crippen LogP contribution is 2.16. The number of nitrogens with zero attached hydrogens (tertiary/aromatic N) is 1. The number of rotatable bonds is 6. The Morgan fingerprint density at radius 3 is 2.47 bits per heavy atom. The molecule has 0 saturated carbocycles. The van der Waals surface area contributed by atoms with Crippen LogP contribution in [0.5, 0.6) is 0 Å². The van der Waals surface area contributed by atoms with Gasteiger partial charge in [0.2, 0.25) is 0 Å². The lowest BCUT2D eigenvalue weighted by molar-refractivity contribution is -0.150. The van der Waals surface area contributed by atoms with Gasteiger partial charge in [0.15, 0.2) is 0 Å². The molecule has 1 saturated heterocycles. The van der Waals surface area contributed by atoms with Crippen LogP contribution in [0.1, 0.15) is 34.1 Å². The molecule has 0 bridgehead atoms. The van der Waals surface area contributed by atoms with Gasteiger partial charge >= 0.3 is 5.97 Å². The van der Waals surface area contributed by atoms with E-state index in [1.54, 1.807) is 0 Å². The van der Waals surface area contributed by atoms with Gasteiger partial charge < -0.3 is 14.8 Å². The molecule has 0 radical (unpaired) electrons. The fourth-order valence-corrected chi connectivity index (χ4v) is 2.68. The van der Waals surface area contributed by atoms with Crippen molar-refractivity contribution in [2.24, 2.45) is 0 Å². The van der Waals surface area contributed by atoms with Crippen LogP contribution < -0.4 is 5.32 Å². The van der Waals surface area contributed by atoms with Crippen molar-refractivity contribution in [1.82, 2.24) is 10.2 Å². The van der Waals surface area contributed by atoms with E-state index >= 15 is 0 Å².